The van der Waals surface area contributed by atoms with E-state index in [0.29, 0.717) is 18.1 Å². The number of hydrogen-bond acceptors (Lipinski definition) is 4. The van der Waals surface area contributed by atoms with E-state index in [0.717, 1.165) is 17.7 Å². The molecule has 6 heteroatoms. The van der Waals surface area contributed by atoms with Gasteiger partial charge in [-0.3, -0.25) is 9.48 Å². The zero-order valence-electron chi connectivity index (χ0n) is 13.0. The molecule has 0 spiro atoms. The topological polar surface area (TPSA) is 85.8 Å². The number of benzene rings is 1. The molecular formula is C18H17N5O. The lowest BCUT2D eigenvalue weighted by Crippen LogP contribution is -2.24. The third-order valence-corrected chi connectivity index (χ3v) is 4.26. The Kier molecular flexibility index (Phi) is 3.49. The van der Waals surface area contributed by atoms with Crippen molar-refractivity contribution in [2.75, 3.05) is 11.1 Å². The second-order valence-corrected chi connectivity index (χ2v) is 5.92. The van der Waals surface area contributed by atoms with Gasteiger partial charge >= 0.3 is 0 Å². The Hall–Kier alpha value is -3.15. The van der Waals surface area contributed by atoms with E-state index in [9.17, 15) is 4.79 Å². The number of nitrogens with zero attached hydrogens (tertiary/aromatic N) is 3. The highest BCUT2D eigenvalue weighted by Crippen LogP contribution is 2.36. The highest BCUT2D eigenvalue weighted by atomic mass is 16.1. The average Bonchev–Trinajstić information content (AvgIpc) is 3.07. The van der Waals surface area contributed by atoms with Crippen LogP contribution in [0.2, 0.25) is 0 Å². The van der Waals surface area contributed by atoms with E-state index in [1.165, 1.54) is 5.56 Å². The first kappa shape index (κ1) is 14.4. The van der Waals surface area contributed by atoms with Crippen LogP contribution in [0.1, 0.15) is 29.0 Å². The van der Waals surface area contributed by atoms with E-state index in [-0.39, 0.29) is 11.8 Å². The number of anilines is 2. The van der Waals surface area contributed by atoms with Crippen molar-refractivity contribution in [3.63, 3.8) is 0 Å². The number of carbonyl (C=O) groups is 1. The predicted molar refractivity (Wildman–Crippen MR) is 91.5 cm³/mol. The summed E-state index contributed by atoms with van der Waals surface area (Å²) in [6.07, 6.45) is 4.12. The van der Waals surface area contributed by atoms with Crippen LogP contribution >= 0.6 is 0 Å². The molecule has 2 aromatic heterocycles. The maximum absolute atomic E-state index is 12.0. The van der Waals surface area contributed by atoms with Crippen molar-refractivity contribution in [3.8, 4) is 0 Å². The van der Waals surface area contributed by atoms with Gasteiger partial charge in [-0.1, -0.05) is 30.3 Å². The number of rotatable bonds is 3. The van der Waals surface area contributed by atoms with Crippen LogP contribution in [-0.4, -0.2) is 20.7 Å². The fourth-order valence-electron chi connectivity index (χ4n) is 3.08. The number of hydrogen-bond donors (Lipinski definition) is 2. The maximum Gasteiger partial charge on any atom is 0.226 e. The monoisotopic (exact) mass is 319 g/mol. The van der Waals surface area contributed by atoms with Crippen LogP contribution in [0.3, 0.4) is 0 Å². The zero-order chi connectivity index (χ0) is 16.5. The van der Waals surface area contributed by atoms with Gasteiger partial charge in [0.2, 0.25) is 5.91 Å². The molecule has 3 heterocycles. The van der Waals surface area contributed by atoms with E-state index in [1.807, 2.05) is 23.0 Å². The molecule has 120 valence electrons. The van der Waals surface area contributed by atoms with Gasteiger partial charge in [-0.2, -0.15) is 5.10 Å². The molecule has 1 aromatic carbocycles. The van der Waals surface area contributed by atoms with Crippen LogP contribution in [0.25, 0.3) is 0 Å². The standard InChI is InChI=1S/C18H17N5O/c19-16-7-6-14-15(10-17(24)22-18(14)21-16)13-4-2-12(3-5-13)11-23-9-1-8-20-23/h1-9,15H,10-11H2,(H3,19,21,22,24)/t15-/m0/s1. The second-order valence-electron chi connectivity index (χ2n) is 5.92. The SMILES string of the molecule is Nc1ccc2c(n1)NC(=O)C[C@H]2c1ccc(Cn2cccn2)cc1. The molecule has 0 fully saturated rings. The molecule has 24 heavy (non-hydrogen) atoms. The summed E-state index contributed by atoms with van der Waals surface area (Å²) in [6, 6.07) is 13.9. The molecule has 0 saturated carbocycles. The summed E-state index contributed by atoms with van der Waals surface area (Å²) < 4.78 is 1.88. The zero-order valence-corrected chi connectivity index (χ0v) is 13.0. The number of pyridine rings is 1. The van der Waals surface area contributed by atoms with Crippen molar-refractivity contribution in [2.45, 2.75) is 18.9 Å². The van der Waals surface area contributed by atoms with E-state index >= 15 is 0 Å². The van der Waals surface area contributed by atoms with Crippen molar-refractivity contribution < 1.29 is 4.79 Å². The molecule has 6 nitrogen and oxygen atoms in total. The fraction of sp³-hybridized carbons (Fsp3) is 0.167. The van der Waals surface area contributed by atoms with Crippen LogP contribution in [0, 0.1) is 0 Å². The van der Waals surface area contributed by atoms with Crippen LogP contribution in [0.5, 0.6) is 0 Å². The molecule has 3 aromatic rings. The summed E-state index contributed by atoms with van der Waals surface area (Å²) in [6.45, 7) is 0.729. The van der Waals surface area contributed by atoms with E-state index in [1.54, 1.807) is 12.3 Å². The summed E-state index contributed by atoms with van der Waals surface area (Å²) >= 11 is 0. The fourth-order valence-corrected chi connectivity index (χ4v) is 3.08. The molecule has 0 unspecified atom stereocenters. The molecule has 1 atom stereocenters. The molecule has 1 aliphatic heterocycles. The van der Waals surface area contributed by atoms with Gasteiger partial charge in [0, 0.05) is 30.3 Å². The third kappa shape index (κ3) is 2.74. The van der Waals surface area contributed by atoms with Crippen molar-refractivity contribution in [1.82, 2.24) is 14.8 Å². The smallest absolute Gasteiger partial charge is 0.226 e. The average molecular weight is 319 g/mol. The van der Waals surface area contributed by atoms with Gasteiger partial charge in [-0.15, -0.1) is 0 Å². The van der Waals surface area contributed by atoms with Gasteiger partial charge in [-0.25, -0.2) is 4.98 Å². The normalized spacial score (nSPS) is 16.5. The quantitative estimate of drug-likeness (QED) is 0.776. The summed E-state index contributed by atoms with van der Waals surface area (Å²) in [5, 5.41) is 7.02. The third-order valence-electron chi connectivity index (χ3n) is 4.26. The molecule has 0 bridgehead atoms. The molecular weight excluding hydrogens is 302 g/mol. The molecule has 3 N–H and O–H groups in total. The van der Waals surface area contributed by atoms with Crippen molar-refractivity contribution in [1.29, 1.82) is 0 Å². The van der Waals surface area contributed by atoms with Gasteiger partial charge in [0.1, 0.15) is 11.6 Å². The number of nitrogens with one attached hydrogen (secondary N) is 1. The number of fused-ring (bicyclic) bond motifs is 1. The summed E-state index contributed by atoms with van der Waals surface area (Å²) in [5.41, 5.74) is 8.99. The highest BCUT2D eigenvalue weighted by molar-refractivity contribution is 5.94. The number of amides is 1. The lowest BCUT2D eigenvalue weighted by atomic mass is 9.86. The Bertz CT molecular complexity index is 871. The number of nitrogens with two attached hydrogens (primary N) is 1. The Morgan fingerprint density at radius 1 is 1.21 bits per heavy atom. The Morgan fingerprint density at radius 2 is 2.04 bits per heavy atom. The minimum Gasteiger partial charge on any atom is -0.384 e. The number of nitrogen functional groups attached to an aromatic ring is 1. The Balaban J connectivity index is 1.63. The lowest BCUT2D eigenvalue weighted by molar-refractivity contribution is -0.116. The van der Waals surface area contributed by atoms with Crippen LogP contribution < -0.4 is 11.1 Å². The Morgan fingerprint density at radius 3 is 2.79 bits per heavy atom. The van der Waals surface area contributed by atoms with E-state index in [2.05, 4.69) is 39.7 Å². The minimum atomic E-state index is -0.0359. The lowest BCUT2D eigenvalue weighted by Gasteiger charge is -2.25. The molecule has 0 saturated heterocycles. The van der Waals surface area contributed by atoms with Crippen LogP contribution in [0.15, 0.2) is 54.9 Å². The van der Waals surface area contributed by atoms with Crippen molar-refractivity contribution in [3.05, 3.63) is 71.5 Å². The summed E-state index contributed by atoms with van der Waals surface area (Å²) in [7, 11) is 0. The first-order valence-corrected chi connectivity index (χ1v) is 7.81. The number of carbonyl (C=O) groups excluding carboxylic acids is 1. The van der Waals surface area contributed by atoms with Gasteiger partial charge in [0.05, 0.1) is 6.54 Å². The van der Waals surface area contributed by atoms with Crippen LogP contribution in [0.4, 0.5) is 11.6 Å². The predicted octanol–water partition coefficient (Wildman–Crippen LogP) is 2.38. The molecule has 1 aliphatic rings. The summed E-state index contributed by atoms with van der Waals surface area (Å²) in [4.78, 5) is 16.2. The maximum atomic E-state index is 12.0. The molecule has 1 amide bonds. The first-order valence-electron chi connectivity index (χ1n) is 7.81. The molecule has 4 rings (SSSR count). The van der Waals surface area contributed by atoms with Crippen molar-refractivity contribution >= 4 is 17.5 Å². The Labute approximate surface area is 139 Å². The first-order chi connectivity index (χ1) is 11.7. The summed E-state index contributed by atoms with van der Waals surface area (Å²) in [5.74, 6) is 0.938. The molecule has 0 aliphatic carbocycles. The second kappa shape index (κ2) is 5.81. The molecule has 0 radical (unpaired) electrons. The minimum absolute atomic E-state index is 0.000559. The van der Waals surface area contributed by atoms with E-state index in [4.69, 9.17) is 5.73 Å². The van der Waals surface area contributed by atoms with Gasteiger partial charge in [-0.05, 0) is 23.3 Å². The van der Waals surface area contributed by atoms with Crippen LogP contribution in [-0.2, 0) is 11.3 Å². The van der Waals surface area contributed by atoms with Gasteiger partial charge < -0.3 is 11.1 Å². The van der Waals surface area contributed by atoms with E-state index < -0.39 is 0 Å². The van der Waals surface area contributed by atoms with Gasteiger partial charge in [0.15, 0.2) is 0 Å². The highest BCUT2D eigenvalue weighted by Gasteiger charge is 2.27. The van der Waals surface area contributed by atoms with Crippen molar-refractivity contribution in [2.24, 2.45) is 0 Å². The number of aromatic nitrogens is 3. The largest absolute Gasteiger partial charge is 0.384 e. The van der Waals surface area contributed by atoms with Gasteiger partial charge in [0.25, 0.3) is 0 Å².